The van der Waals surface area contributed by atoms with E-state index in [1.807, 2.05) is 24.4 Å². The van der Waals surface area contributed by atoms with Crippen LogP contribution in [0.2, 0.25) is 0 Å². The molecule has 2 aromatic rings. The molecular weight excluding hydrogens is 475 g/mol. The van der Waals surface area contributed by atoms with E-state index in [0.29, 0.717) is 0 Å². The topological polar surface area (TPSA) is 55.8 Å². The Morgan fingerprint density at radius 2 is 1.72 bits per heavy atom. The van der Waals surface area contributed by atoms with Crippen LogP contribution in [0.3, 0.4) is 0 Å². The average Bonchev–Trinajstić information content (AvgIpc) is 2.74. The molecule has 0 amide bonds. The summed E-state index contributed by atoms with van der Waals surface area (Å²) in [5.41, 5.74) is 3.72. The number of hydrogen-bond acceptors (Lipinski definition) is 4. The van der Waals surface area contributed by atoms with E-state index in [-0.39, 0.29) is 24.0 Å². The third-order valence-corrected chi connectivity index (χ3v) is 5.11. The molecule has 1 fully saturated rings. The van der Waals surface area contributed by atoms with Crippen LogP contribution in [0.1, 0.15) is 16.8 Å². The van der Waals surface area contributed by atoms with Gasteiger partial charge in [0, 0.05) is 71.2 Å². The van der Waals surface area contributed by atoms with Gasteiger partial charge in [0.25, 0.3) is 0 Å². The molecule has 0 bridgehead atoms. The number of rotatable bonds is 7. The molecule has 0 aliphatic carbocycles. The number of hydrogen-bond donors (Lipinski definition) is 2. The number of nitrogens with one attached hydrogen (secondary N) is 2. The van der Waals surface area contributed by atoms with Crippen molar-refractivity contribution in [2.45, 2.75) is 19.5 Å². The molecule has 0 spiro atoms. The number of aliphatic imine (C=N–C) groups is 1. The fraction of sp³-hybridized carbons (Fsp3) is 0.455. The Morgan fingerprint density at radius 3 is 2.38 bits per heavy atom. The quantitative estimate of drug-likeness (QED) is 0.342. The van der Waals surface area contributed by atoms with Gasteiger partial charge in [0.05, 0.1) is 0 Å². The molecule has 1 aliphatic rings. The van der Waals surface area contributed by atoms with Crippen LogP contribution in [-0.2, 0) is 19.5 Å². The van der Waals surface area contributed by atoms with Gasteiger partial charge in [0.1, 0.15) is 0 Å². The molecule has 158 valence electrons. The number of piperazine rings is 1. The third-order valence-electron chi connectivity index (χ3n) is 5.11. The number of guanidine groups is 1. The maximum Gasteiger partial charge on any atom is 0.191 e. The van der Waals surface area contributed by atoms with Crippen molar-refractivity contribution >= 4 is 29.9 Å². The number of pyridine rings is 1. The van der Waals surface area contributed by atoms with Crippen molar-refractivity contribution in [3.05, 3.63) is 65.5 Å². The van der Waals surface area contributed by atoms with Gasteiger partial charge in [-0.1, -0.05) is 30.3 Å². The zero-order chi connectivity index (χ0) is 19.6. The number of benzene rings is 1. The molecule has 2 heterocycles. The molecule has 0 unspecified atom stereocenters. The molecular formula is C22H33IN6. The first-order chi connectivity index (χ1) is 13.7. The van der Waals surface area contributed by atoms with E-state index < -0.39 is 0 Å². The van der Waals surface area contributed by atoms with Crippen molar-refractivity contribution in [3.63, 3.8) is 0 Å². The molecule has 1 aliphatic heterocycles. The Kier molecular flexibility index (Phi) is 10.4. The van der Waals surface area contributed by atoms with Crippen LogP contribution < -0.4 is 10.6 Å². The SMILES string of the molecule is CN=C(NCCc1ccccn1)NCc1ccc(CN2CCN(C)CC2)cc1.I. The molecule has 29 heavy (non-hydrogen) atoms. The van der Waals surface area contributed by atoms with E-state index in [0.717, 1.165) is 63.9 Å². The predicted molar refractivity (Wildman–Crippen MR) is 131 cm³/mol. The lowest BCUT2D eigenvalue weighted by molar-refractivity contribution is 0.148. The highest BCUT2D eigenvalue weighted by Gasteiger charge is 2.13. The first-order valence-electron chi connectivity index (χ1n) is 10.1. The molecule has 1 aromatic heterocycles. The van der Waals surface area contributed by atoms with Crippen LogP contribution in [0.4, 0.5) is 0 Å². The van der Waals surface area contributed by atoms with Crippen LogP contribution in [0.5, 0.6) is 0 Å². The van der Waals surface area contributed by atoms with Gasteiger partial charge in [0.15, 0.2) is 5.96 Å². The smallest absolute Gasteiger partial charge is 0.191 e. The van der Waals surface area contributed by atoms with Gasteiger partial charge in [0.2, 0.25) is 0 Å². The van der Waals surface area contributed by atoms with Gasteiger partial charge in [-0.2, -0.15) is 0 Å². The summed E-state index contributed by atoms with van der Waals surface area (Å²) < 4.78 is 0. The minimum atomic E-state index is 0. The van der Waals surface area contributed by atoms with Crippen molar-refractivity contribution in [2.24, 2.45) is 4.99 Å². The largest absolute Gasteiger partial charge is 0.356 e. The van der Waals surface area contributed by atoms with Gasteiger partial charge in [-0.05, 0) is 30.3 Å². The van der Waals surface area contributed by atoms with Crippen LogP contribution in [-0.4, -0.2) is 67.6 Å². The van der Waals surface area contributed by atoms with E-state index >= 15 is 0 Å². The molecule has 0 atom stereocenters. The standard InChI is InChI=1S/C22H32N6.HI/c1-23-22(25-12-10-21-5-3-4-11-24-21)26-17-19-6-8-20(9-7-19)18-28-15-13-27(2)14-16-28;/h3-9,11H,10,12-18H2,1-2H3,(H2,23,25,26);1H. The number of aromatic nitrogens is 1. The van der Waals surface area contributed by atoms with Gasteiger partial charge in [-0.25, -0.2) is 0 Å². The fourth-order valence-corrected chi connectivity index (χ4v) is 3.29. The Bertz CT molecular complexity index is 727. The fourth-order valence-electron chi connectivity index (χ4n) is 3.29. The normalized spacial score (nSPS) is 15.6. The highest BCUT2D eigenvalue weighted by atomic mass is 127. The molecule has 6 nitrogen and oxygen atoms in total. The lowest BCUT2D eigenvalue weighted by Gasteiger charge is -2.32. The number of likely N-dealkylation sites (N-methyl/N-ethyl adjacent to an activating group) is 1. The average molecular weight is 508 g/mol. The minimum absolute atomic E-state index is 0. The second-order valence-corrected chi connectivity index (χ2v) is 7.32. The molecule has 0 radical (unpaired) electrons. The molecule has 0 saturated carbocycles. The summed E-state index contributed by atoms with van der Waals surface area (Å²) in [6.45, 7) is 7.24. The summed E-state index contributed by atoms with van der Waals surface area (Å²) in [6.07, 6.45) is 2.71. The zero-order valence-corrected chi connectivity index (χ0v) is 19.8. The van der Waals surface area contributed by atoms with Gasteiger partial charge < -0.3 is 15.5 Å². The number of halogens is 1. The highest BCUT2D eigenvalue weighted by Crippen LogP contribution is 2.09. The van der Waals surface area contributed by atoms with E-state index in [1.165, 1.54) is 11.1 Å². The first kappa shape index (κ1) is 23.6. The van der Waals surface area contributed by atoms with Crippen LogP contribution in [0.15, 0.2) is 53.7 Å². The van der Waals surface area contributed by atoms with Crippen molar-refractivity contribution in [2.75, 3.05) is 46.8 Å². The molecule has 7 heteroatoms. The third kappa shape index (κ3) is 8.28. The van der Waals surface area contributed by atoms with Crippen molar-refractivity contribution < 1.29 is 0 Å². The Hall–Kier alpha value is -1.71. The van der Waals surface area contributed by atoms with Gasteiger partial charge >= 0.3 is 0 Å². The summed E-state index contributed by atoms with van der Waals surface area (Å²) in [7, 11) is 4.00. The second kappa shape index (κ2) is 12.8. The molecule has 3 rings (SSSR count). The van der Waals surface area contributed by atoms with Gasteiger partial charge in [-0.3, -0.25) is 14.9 Å². The molecule has 1 saturated heterocycles. The summed E-state index contributed by atoms with van der Waals surface area (Å²) in [5.74, 6) is 0.817. The molecule has 2 N–H and O–H groups in total. The minimum Gasteiger partial charge on any atom is -0.356 e. The van der Waals surface area contributed by atoms with Crippen molar-refractivity contribution in [1.82, 2.24) is 25.4 Å². The van der Waals surface area contributed by atoms with Crippen LogP contribution in [0.25, 0.3) is 0 Å². The monoisotopic (exact) mass is 508 g/mol. The second-order valence-electron chi connectivity index (χ2n) is 7.32. The summed E-state index contributed by atoms with van der Waals surface area (Å²) >= 11 is 0. The van der Waals surface area contributed by atoms with Crippen LogP contribution >= 0.6 is 24.0 Å². The van der Waals surface area contributed by atoms with E-state index in [1.54, 1.807) is 7.05 Å². The summed E-state index contributed by atoms with van der Waals surface area (Å²) in [6, 6.07) is 14.9. The van der Waals surface area contributed by atoms with Crippen LogP contribution in [0, 0.1) is 0 Å². The van der Waals surface area contributed by atoms with E-state index in [9.17, 15) is 0 Å². The lowest BCUT2D eigenvalue weighted by atomic mass is 10.1. The van der Waals surface area contributed by atoms with E-state index in [4.69, 9.17) is 0 Å². The predicted octanol–water partition coefficient (Wildman–Crippen LogP) is 2.35. The highest BCUT2D eigenvalue weighted by molar-refractivity contribution is 14.0. The Balaban J connectivity index is 0.00000300. The number of nitrogens with zero attached hydrogens (tertiary/aromatic N) is 4. The maximum absolute atomic E-state index is 4.34. The first-order valence-corrected chi connectivity index (χ1v) is 10.1. The van der Waals surface area contributed by atoms with Gasteiger partial charge in [-0.15, -0.1) is 24.0 Å². The Labute approximate surface area is 191 Å². The summed E-state index contributed by atoms with van der Waals surface area (Å²) in [4.78, 5) is 13.6. The van der Waals surface area contributed by atoms with Crippen molar-refractivity contribution in [1.29, 1.82) is 0 Å². The Morgan fingerprint density at radius 1 is 1.00 bits per heavy atom. The zero-order valence-electron chi connectivity index (χ0n) is 17.5. The summed E-state index contributed by atoms with van der Waals surface area (Å²) in [5, 5.41) is 6.73. The van der Waals surface area contributed by atoms with Crippen molar-refractivity contribution in [3.8, 4) is 0 Å². The molecule has 1 aromatic carbocycles. The van der Waals surface area contributed by atoms with E-state index in [2.05, 4.69) is 61.7 Å². The maximum atomic E-state index is 4.34. The lowest BCUT2D eigenvalue weighted by Crippen LogP contribution is -2.43.